The van der Waals surface area contributed by atoms with E-state index in [1.807, 2.05) is 0 Å². The van der Waals surface area contributed by atoms with Crippen LogP contribution in [-0.4, -0.2) is 0 Å². The first-order valence-corrected chi connectivity index (χ1v) is 5.08. The lowest BCUT2D eigenvalue weighted by atomic mass is 10.0. The second kappa shape index (κ2) is 9.21. The third kappa shape index (κ3) is 7.48. The number of terminal acetylenes is 1. The monoisotopic (exact) mass is 175 g/mol. The highest BCUT2D eigenvalue weighted by molar-refractivity contribution is 5.14. The molecular formula is C13H19. The minimum Gasteiger partial charge on any atom is -0.119 e. The number of hydrogen-bond donors (Lipinski definition) is 0. The fourth-order valence-corrected chi connectivity index (χ4v) is 1.01. The van der Waals surface area contributed by atoms with Crippen LogP contribution >= 0.6 is 0 Å². The molecule has 0 heteroatoms. The number of hydrogen-bond acceptors (Lipinski definition) is 0. The molecule has 0 aliphatic heterocycles. The lowest BCUT2D eigenvalue weighted by Gasteiger charge is -1.99. The first-order valence-electron chi connectivity index (χ1n) is 5.08. The molecule has 71 valence electrons. The van der Waals surface area contributed by atoms with Crippen LogP contribution in [-0.2, 0) is 0 Å². The standard InChI is InChI=1S/C13H19/c1-4-7-9-10-12-13(6-3)11-8-5-2/h3,13H,2,4-5,7-9,11H2,1H3. The van der Waals surface area contributed by atoms with Gasteiger partial charge in [-0.3, -0.25) is 0 Å². The smallest absolute Gasteiger partial charge is 0.0808 e. The van der Waals surface area contributed by atoms with E-state index in [-0.39, 0.29) is 5.92 Å². The van der Waals surface area contributed by atoms with Gasteiger partial charge in [-0.1, -0.05) is 45.0 Å². The molecule has 0 amide bonds. The maximum Gasteiger partial charge on any atom is 0.0808 e. The topological polar surface area (TPSA) is 0 Å². The predicted octanol–water partition coefficient (Wildman–Crippen LogP) is 3.43. The van der Waals surface area contributed by atoms with Crippen molar-refractivity contribution in [3.05, 3.63) is 6.92 Å². The van der Waals surface area contributed by atoms with Crippen LogP contribution in [0.15, 0.2) is 0 Å². The van der Waals surface area contributed by atoms with Crippen molar-refractivity contribution in [2.24, 2.45) is 5.92 Å². The minimum atomic E-state index is 0.151. The average molecular weight is 175 g/mol. The van der Waals surface area contributed by atoms with Crippen LogP contribution in [0.25, 0.3) is 0 Å². The van der Waals surface area contributed by atoms with Gasteiger partial charge in [0, 0.05) is 6.42 Å². The summed E-state index contributed by atoms with van der Waals surface area (Å²) >= 11 is 0. The molecule has 0 spiro atoms. The molecule has 0 aromatic carbocycles. The lowest BCUT2D eigenvalue weighted by Crippen LogP contribution is -1.92. The molecule has 0 heterocycles. The van der Waals surface area contributed by atoms with Crippen molar-refractivity contribution >= 4 is 0 Å². The lowest BCUT2D eigenvalue weighted by molar-refractivity contribution is 0.689. The van der Waals surface area contributed by atoms with Gasteiger partial charge in [0.15, 0.2) is 0 Å². The summed E-state index contributed by atoms with van der Waals surface area (Å²) in [7, 11) is 0. The summed E-state index contributed by atoms with van der Waals surface area (Å²) < 4.78 is 0. The van der Waals surface area contributed by atoms with Crippen molar-refractivity contribution in [1.82, 2.24) is 0 Å². The summed E-state index contributed by atoms with van der Waals surface area (Å²) in [5.74, 6) is 9.12. The molecule has 0 bridgehead atoms. The van der Waals surface area contributed by atoms with Crippen molar-refractivity contribution < 1.29 is 0 Å². The van der Waals surface area contributed by atoms with Crippen molar-refractivity contribution in [2.45, 2.75) is 45.4 Å². The quantitative estimate of drug-likeness (QED) is 0.443. The van der Waals surface area contributed by atoms with Gasteiger partial charge in [0.2, 0.25) is 0 Å². The van der Waals surface area contributed by atoms with Gasteiger partial charge in [-0.05, 0) is 12.8 Å². The molecular weight excluding hydrogens is 156 g/mol. The van der Waals surface area contributed by atoms with Crippen LogP contribution in [0.5, 0.6) is 0 Å². The third-order valence-corrected chi connectivity index (χ3v) is 1.88. The first kappa shape index (κ1) is 12.1. The van der Waals surface area contributed by atoms with Crippen molar-refractivity contribution in [3.8, 4) is 24.2 Å². The van der Waals surface area contributed by atoms with Gasteiger partial charge in [0.1, 0.15) is 0 Å². The zero-order valence-corrected chi connectivity index (χ0v) is 8.60. The Labute approximate surface area is 83.1 Å². The summed E-state index contributed by atoms with van der Waals surface area (Å²) in [6.45, 7) is 5.95. The van der Waals surface area contributed by atoms with Gasteiger partial charge >= 0.3 is 0 Å². The van der Waals surface area contributed by atoms with Gasteiger partial charge in [0.25, 0.3) is 0 Å². The van der Waals surface area contributed by atoms with Crippen LogP contribution in [0.2, 0.25) is 0 Å². The molecule has 1 radical (unpaired) electrons. The molecule has 0 N–H and O–H groups in total. The van der Waals surface area contributed by atoms with E-state index >= 15 is 0 Å². The fourth-order valence-electron chi connectivity index (χ4n) is 1.01. The molecule has 0 saturated heterocycles. The average Bonchev–Trinajstić information content (AvgIpc) is 2.17. The maximum atomic E-state index is 5.36. The summed E-state index contributed by atoms with van der Waals surface area (Å²) in [4.78, 5) is 0. The molecule has 0 aromatic rings. The second-order valence-electron chi connectivity index (χ2n) is 3.14. The van der Waals surface area contributed by atoms with Gasteiger partial charge < -0.3 is 0 Å². The van der Waals surface area contributed by atoms with E-state index in [9.17, 15) is 0 Å². The predicted molar refractivity (Wildman–Crippen MR) is 58.8 cm³/mol. The van der Waals surface area contributed by atoms with E-state index in [2.05, 4.69) is 31.6 Å². The Hall–Kier alpha value is -0.880. The molecule has 0 aromatic heterocycles. The third-order valence-electron chi connectivity index (χ3n) is 1.88. The zero-order chi connectivity index (χ0) is 9.94. The SMILES string of the molecule is C#CC(C#CCCCC)CCC[CH2]. The van der Waals surface area contributed by atoms with E-state index in [1.54, 1.807) is 0 Å². The Balaban J connectivity index is 3.68. The first-order chi connectivity index (χ1) is 6.35. The molecule has 0 nitrogen and oxygen atoms in total. The van der Waals surface area contributed by atoms with E-state index in [1.165, 1.54) is 12.8 Å². The summed E-state index contributed by atoms with van der Waals surface area (Å²) in [5.41, 5.74) is 0. The maximum absolute atomic E-state index is 5.36. The second-order valence-corrected chi connectivity index (χ2v) is 3.14. The fraction of sp³-hybridized carbons (Fsp3) is 0.615. The molecule has 0 aliphatic carbocycles. The van der Waals surface area contributed by atoms with Gasteiger partial charge in [-0.25, -0.2) is 0 Å². The van der Waals surface area contributed by atoms with Crippen LogP contribution < -0.4 is 0 Å². The van der Waals surface area contributed by atoms with Gasteiger partial charge in [-0.15, -0.1) is 12.3 Å². The van der Waals surface area contributed by atoms with E-state index in [0.717, 1.165) is 25.7 Å². The highest BCUT2D eigenvalue weighted by Crippen LogP contribution is 2.05. The Morgan fingerprint density at radius 1 is 1.38 bits per heavy atom. The summed E-state index contributed by atoms with van der Waals surface area (Å²) in [5, 5.41) is 0. The number of rotatable bonds is 5. The zero-order valence-electron chi connectivity index (χ0n) is 8.60. The highest BCUT2D eigenvalue weighted by Gasteiger charge is 1.97. The number of unbranched alkanes of at least 4 members (excludes halogenated alkanes) is 3. The molecule has 1 atom stereocenters. The largest absolute Gasteiger partial charge is 0.119 e. The van der Waals surface area contributed by atoms with Crippen molar-refractivity contribution in [1.29, 1.82) is 0 Å². The molecule has 0 aliphatic rings. The highest BCUT2D eigenvalue weighted by atomic mass is 14.0. The van der Waals surface area contributed by atoms with E-state index < -0.39 is 0 Å². The van der Waals surface area contributed by atoms with E-state index in [0.29, 0.717) is 0 Å². The van der Waals surface area contributed by atoms with Crippen LogP contribution in [0, 0.1) is 37.0 Å². The molecule has 13 heavy (non-hydrogen) atoms. The Morgan fingerprint density at radius 2 is 2.15 bits per heavy atom. The van der Waals surface area contributed by atoms with Crippen molar-refractivity contribution in [3.63, 3.8) is 0 Å². The van der Waals surface area contributed by atoms with E-state index in [4.69, 9.17) is 6.42 Å². The Morgan fingerprint density at radius 3 is 2.69 bits per heavy atom. The summed E-state index contributed by atoms with van der Waals surface area (Å²) in [6.07, 6.45) is 11.8. The van der Waals surface area contributed by atoms with Crippen LogP contribution in [0.3, 0.4) is 0 Å². The Bertz CT molecular complexity index is 196. The minimum absolute atomic E-state index is 0.151. The van der Waals surface area contributed by atoms with Gasteiger partial charge in [-0.2, -0.15) is 0 Å². The van der Waals surface area contributed by atoms with Crippen molar-refractivity contribution in [2.75, 3.05) is 0 Å². The molecule has 0 rings (SSSR count). The molecule has 0 saturated carbocycles. The van der Waals surface area contributed by atoms with Gasteiger partial charge in [0.05, 0.1) is 5.92 Å². The Kier molecular flexibility index (Phi) is 8.59. The van der Waals surface area contributed by atoms with Crippen LogP contribution in [0.4, 0.5) is 0 Å². The normalized spacial score (nSPS) is 11.2. The summed E-state index contributed by atoms with van der Waals surface area (Å²) in [6, 6.07) is 0. The molecule has 0 fully saturated rings. The van der Waals surface area contributed by atoms with Crippen LogP contribution in [0.1, 0.15) is 45.4 Å². The molecule has 1 unspecified atom stereocenters.